The number of nitrogens with one attached hydrogen (secondary N) is 2. The van der Waals surface area contributed by atoms with E-state index in [1.165, 1.54) is 13.2 Å². The highest BCUT2D eigenvalue weighted by atomic mass is 35.5. The monoisotopic (exact) mass is 471 g/mol. The molecule has 0 aliphatic rings. The smallest absolute Gasteiger partial charge is 0.261 e. The molecule has 4 aromatic rings. The van der Waals surface area contributed by atoms with E-state index in [-0.39, 0.29) is 10.7 Å². The van der Waals surface area contributed by atoms with Gasteiger partial charge < -0.3 is 14.5 Å². The predicted molar refractivity (Wildman–Crippen MR) is 126 cm³/mol. The van der Waals surface area contributed by atoms with Gasteiger partial charge in [-0.15, -0.1) is 0 Å². The maximum Gasteiger partial charge on any atom is 0.261 e. The number of thiocarbonyl (C=S) groups is 1. The fourth-order valence-electron chi connectivity index (χ4n) is 2.91. The van der Waals surface area contributed by atoms with Crippen LogP contribution >= 0.6 is 35.4 Å². The molecule has 2 N–H and O–H groups in total. The molecule has 0 aliphatic carbocycles. The minimum absolute atomic E-state index is 0.118. The Morgan fingerprint density at radius 3 is 2.52 bits per heavy atom. The molecule has 0 saturated heterocycles. The van der Waals surface area contributed by atoms with Gasteiger partial charge >= 0.3 is 0 Å². The van der Waals surface area contributed by atoms with E-state index in [9.17, 15) is 4.79 Å². The second kappa shape index (κ2) is 8.93. The molecule has 31 heavy (non-hydrogen) atoms. The van der Waals surface area contributed by atoms with E-state index in [1.54, 1.807) is 42.5 Å². The number of nitrogens with zero attached hydrogens (tertiary/aromatic N) is 1. The zero-order valence-corrected chi connectivity index (χ0v) is 18.4. The summed E-state index contributed by atoms with van der Waals surface area (Å²) in [7, 11) is 1.47. The number of anilines is 1. The van der Waals surface area contributed by atoms with Gasteiger partial charge in [-0.1, -0.05) is 23.2 Å². The zero-order valence-electron chi connectivity index (χ0n) is 16.1. The molecule has 0 saturated carbocycles. The number of carbonyl (C=O) groups excluding carboxylic acids is 1. The van der Waals surface area contributed by atoms with E-state index < -0.39 is 5.91 Å². The van der Waals surface area contributed by atoms with Crippen molar-refractivity contribution >= 4 is 63.2 Å². The number of methoxy groups -OCH3 is 1. The molecule has 156 valence electrons. The molecule has 0 fully saturated rings. The molecule has 9 heteroatoms. The molecule has 0 atom stereocenters. The first-order valence-corrected chi connectivity index (χ1v) is 10.2. The highest BCUT2D eigenvalue weighted by Gasteiger charge is 2.15. The number of carbonyl (C=O) groups is 1. The number of hydrogen-bond donors (Lipinski definition) is 2. The maximum atomic E-state index is 12.6. The first kappa shape index (κ1) is 21.1. The maximum absolute atomic E-state index is 12.6. The lowest BCUT2D eigenvalue weighted by molar-refractivity contribution is 0.0975. The summed E-state index contributed by atoms with van der Waals surface area (Å²) in [4.78, 5) is 17.1. The summed E-state index contributed by atoms with van der Waals surface area (Å²) in [5, 5.41) is 6.76. The molecule has 0 spiro atoms. The molecular weight excluding hydrogens is 457 g/mol. The van der Waals surface area contributed by atoms with E-state index in [1.807, 2.05) is 12.1 Å². The summed E-state index contributed by atoms with van der Waals surface area (Å²) >= 11 is 17.2. The van der Waals surface area contributed by atoms with Crippen LogP contribution < -0.4 is 15.4 Å². The fraction of sp³-hybridized carbons (Fsp3) is 0.0455. The van der Waals surface area contributed by atoms with Gasteiger partial charge in [0.05, 0.1) is 12.7 Å². The van der Waals surface area contributed by atoms with Crippen LogP contribution in [0.4, 0.5) is 5.69 Å². The van der Waals surface area contributed by atoms with Crippen molar-refractivity contribution in [2.24, 2.45) is 0 Å². The van der Waals surface area contributed by atoms with Gasteiger partial charge in [-0.05, 0) is 72.9 Å². The van der Waals surface area contributed by atoms with Gasteiger partial charge in [-0.25, -0.2) is 4.98 Å². The van der Waals surface area contributed by atoms with E-state index in [2.05, 4.69) is 15.6 Å². The molecule has 0 bridgehead atoms. The third-order valence-corrected chi connectivity index (χ3v) is 5.06. The average Bonchev–Trinajstić information content (AvgIpc) is 3.17. The number of benzene rings is 3. The van der Waals surface area contributed by atoms with Gasteiger partial charge in [0.25, 0.3) is 5.91 Å². The van der Waals surface area contributed by atoms with Crippen molar-refractivity contribution in [2.75, 3.05) is 12.4 Å². The summed E-state index contributed by atoms with van der Waals surface area (Å²) in [6, 6.07) is 17.3. The number of hydrogen-bond acceptors (Lipinski definition) is 5. The molecule has 0 radical (unpaired) electrons. The van der Waals surface area contributed by atoms with Crippen LogP contribution in [0.3, 0.4) is 0 Å². The Kier molecular flexibility index (Phi) is 6.08. The van der Waals surface area contributed by atoms with Crippen LogP contribution in [0.15, 0.2) is 65.1 Å². The first-order valence-electron chi connectivity index (χ1n) is 9.05. The van der Waals surface area contributed by atoms with Gasteiger partial charge in [0, 0.05) is 21.3 Å². The number of ether oxygens (including phenoxy) is 1. The quantitative estimate of drug-likeness (QED) is 0.358. The normalized spacial score (nSPS) is 10.7. The van der Waals surface area contributed by atoms with Gasteiger partial charge in [0.15, 0.2) is 10.7 Å². The number of fused-ring (bicyclic) bond motifs is 1. The molecule has 0 unspecified atom stereocenters. The Morgan fingerprint density at radius 2 is 1.77 bits per heavy atom. The summed E-state index contributed by atoms with van der Waals surface area (Å²) in [6.07, 6.45) is 0. The van der Waals surface area contributed by atoms with Crippen LogP contribution in [0.2, 0.25) is 10.0 Å². The number of halogens is 2. The van der Waals surface area contributed by atoms with Gasteiger partial charge in [-0.3, -0.25) is 10.1 Å². The van der Waals surface area contributed by atoms with Crippen LogP contribution in [0.1, 0.15) is 10.4 Å². The van der Waals surface area contributed by atoms with Crippen LogP contribution in [-0.4, -0.2) is 23.1 Å². The second-order valence-corrected chi connectivity index (χ2v) is 7.74. The third kappa shape index (κ3) is 4.80. The van der Waals surface area contributed by atoms with E-state index in [4.69, 9.17) is 44.6 Å². The largest absolute Gasteiger partial charge is 0.496 e. The molecule has 1 amide bonds. The van der Waals surface area contributed by atoms with Crippen molar-refractivity contribution in [3.8, 4) is 17.2 Å². The Hall–Kier alpha value is -3.13. The second-order valence-electron chi connectivity index (χ2n) is 6.46. The molecule has 1 aromatic heterocycles. The average molecular weight is 472 g/mol. The van der Waals surface area contributed by atoms with Gasteiger partial charge in [0.2, 0.25) is 5.89 Å². The zero-order chi connectivity index (χ0) is 22.0. The highest BCUT2D eigenvalue weighted by Crippen LogP contribution is 2.27. The van der Waals surface area contributed by atoms with Crippen LogP contribution in [0, 0.1) is 0 Å². The number of amides is 1. The summed E-state index contributed by atoms with van der Waals surface area (Å²) in [6.45, 7) is 0. The fourth-order valence-corrected chi connectivity index (χ4v) is 3.42. The van der Waals surface area contributed by atoms with E-state index in [0.29, 0.717) is 38.5 Å². The van der Waals surface area contributed by atoms with Crippen molar-refractivity contribution < 1.29 is 13.9 Å². The van der Waals surface area contributed by atoms with Crippen molar-refractivity contribution in [3.63, 3.8) is 0 Å². The molecule has 0 aliphatic heterocycles. The van der Waals surface area contributed by atoms with Crippen LogP contribution in [0.5, 0.6) is 5.75 Å². The minimum Gasteiger partial charge on any atom is -0.496 e. The molecule has 3 aromatic carbocycles. The van der Waals surface area contributed by atoms with Crippen molar-refractivity contribution in [1.82, 2.24) is 10.3 Å². The molecule has 1 heterocycles. The Morgan fingerprint density at radius 1 is 1.03 bits per heavy atom. The third-order valence-electron chi connectivity index (χ3n) is 4.37. The van der Waals surface area contributed by atoms with Crippen molar-refractivity contribution in [1.29, 1.82) is 0 Å². The SMILES string of the molecule is COc1ccc(Cl)cc1C(=O)NC(=S)Nc1ccc2oc(-c3ccc(Cl)cc3)nc2c1. The summed E-state index contributed by atoms with van der Waals surface area (Å²) < 4.78 is 11.0. The number of rotatable bonds is 4. The van der Waals surface area contributed by atoms with Crippen molar-refractivity contribution in [2.45, 2.75) is 0 Å². The lowest BCUT2D eigenvalue weighted by Crippen LogP contribution is -2.34. The van der Waals surface area contributed by atoms with Crippen LogP contribution in [0.25, 0.3) is 22.6 Å². The Bertz CT molecular complexity index is 1290. The van der Waals surface area contributed by atoms with E-state index >= 15 is 0 Å². The number of aromatic nitrogens is 1. The van der Waals surface area contributed by atoms with Crippen LogP contribution in [-0.2, 0) is 0 Å². The van der Waals surface area contributed by atoms with Crippen molar-refractivity contribution in [3.05, 3.63) is 76.3 Å². The predicted octanol–water partition coefficient (Wildman–Crippen LogP) is 5.94. The van der Waals surface area contributed by atoms with Gasteiger partial charge in [-0.2, -0.15) is 0 Å². The summed E-state index contributed by atoms with van der Waals surface area (Å²) in [5.41, 5.74) is 2.99. The number of oxazole rings is 1. The Balaban J connectivity index is 1.49. The first-order chi connectivity index (χ1) is 14.9. The minimum atomic E-state index is -0.440. The van der Waals surface area contributed by atoms with Gasteiger partial charge in [0.1, 0.15) is 11.3 Å². The lowest BCUT2D eigenvalue weighted by Gasteiger charge is -2.12. The highest BCUT2D eigenvalue weighted by molar-refractivity contribution is 7.80. The molecule has 6 nitrogen and oxygen atoms in total. The summed E-state index contributed by atoms with van der Waals surface area (Å²) in [5.74, 6) is 0.431. The topological polar surface area (TPSA) is 76.4 Å². The lowest BCUT2D eigenvalue weighted by atomic mass is 10.2. The molecule has 4 rings (SSSR count). The molecular formula is C22H15Cl2N3O3S. The standard InChI is InChI=1S/C22H15Cl2N3O3S/c1-29-18-8-6-14(24)10-16(18)20(28)27-22(31)25-15-7-9-19-17(11-15)26-21(30-19)12-2-4-13(23)5-3-12/h2-11H,1H3,(H2,25,27,28,31). The Labute approximate surface area is 193 Å². The van der Waals surface area contributed by atoms with E-state index in [0.717, 1.165) is 5.56 Å².